The lowest BCUT2D eigenvalue weighted by Crippen LogP contribution is -2.69. The summed E-state index contributed by atoms with van der Waals surface area (Å²) in [6.07, 6.45) is -11.6. The highest BCUT2D eigenvalue weighted by Gasteiger charge is 2.66. The van der Waals surface area contributed by atoms with Gasteiger partial charge in [-0.15, -0.1) is 23.5 Å². The largest absolute Gasteiger partial charge is 0.514 e. The van der Waals surface area contributed by atoms with E-state index in [1.54, 1.807) is 90.4 Å². The van der Waals surface area contributed by atoms with Gasteiger partial charge < -0.3 is 86.0 Å². The zero-order valence-electron chi connectivity index (χ0n) is 73.5. The summed E-state index contributed by atoms with van der Waals surface area (Å²) < 4.78 is 178. The molecule has 2 unspecified atom stereocenters. The number of carbonyl (C=O) groups is 6. The maximum atomic E-state index is 15.1. The molecule has 0 radical (unpaired) electrons. The number of thioether (sulfide) groups is 2. The van der Waals surface area contributed by atoms with Gasteiger partial charge in [-0.1, -0.05) is 19.6 Å². The van der Waals surface area contributed by atoms with Crippen LogP contribution in [0, 0.1) is 50.4 Å². The van der Waals surface area contributed by atoms with Crippen LogP contribution in [0.4, 0.5) is 35.9 Å². The number of nitrogens with zero attached hydrogens (tertiary/aromatic N) is 6. The van der Waals surface area contributed by atoms with Crippen molar-refractivity contribution in [3.8, 4) is 92.6 Å². The fourth-order valence-electron chi connectivity index (χ4n) is 21.2. The molecular weight excluding hydrogens is 1770 g/mol. The molecule has 14 atom stereocenters. The Morgan fingerprint density at radius 1 is 0.496 bits per heavy atom. The van der Waals surface area contributed by atoms with Crippen LogP contribution < -0.4 is 67.5 Å². The Kier molecular flexibility index (Phi) is 24.0. The summed E-state index contributed by atoms with van der Waals surface area (Å²) in [5, 5.41) is 51.7. The number of hydrogen-bond donors (Lipinski definition) is 4. The lowest BCUT2D eigenvalue weighted by molar-refractivity contribution is -0.190. The number of nitriles is 2. The number of benzene rings is 6. The molecule has 14 heterocycles. The highest BCUT2D eigenvalue weighted by atomic mass is 32.2. The average Bonchev–Trinajstić information content (AvgIpc) is 1.49. The van der Waals surface area contributed by atoms with Gasteiger partial charge in [-0.05, 0) is 178 Å². The molecule has 0 aromatic heterocycles. The van der Waals surface area contributed by atoms with Crippen LogP contribution in [0.3, 0.4) is 0 Å². The minimum absolute atomic E-state index is 0. The number of halogens is 6. The van der Waals surface area contributed by atoms with Crippen molar-refractivity contribution in [3.63, 3.8) is 0 Å². The molecule has 700 valence electrons. The van der Waals surface area contributed by atoms with E-state index in [0.29, 0.717) is 86.7 Å². The summed E-state index contributed by atoms with van der Waals surface area (Å²) in [5.41, 5.74) is 2.17. The molecule has 40 heteroatoms. The number of nitrogens with one attached hydrogen (secondary N) is 2. The van der Waals surface area contributed by atoms with E-state index in [1.165, 1.54) is 59.3 Å². The van der Waals surface area contributed by atoms with E-state index in [0.717, 1.165) is 28.5 Å². The number of methoxy groups -OCH3 is 4. The molecule has 14 aliphatic heterocycles. The number of ether oxygens (including phenoxy) is 16. The monoisotopic (exact) mass is 1860 g/mol. The van der Waals surface area contributed by atoms with Crippen molar-refractivity contribution in [2.75, 3.05) is 93.9 Å². The van der Waals surface area contributed by atoms with Gasteiger partial charge in [0.25, 0.3) is 0 Å². The number of aryl methyl sites for hydroxylation is 2. The Morgan fingerprint density at radius 3 is 1.34 bits per heavy atom. The topological polar surface area (TPSA) is 375 Å². The summed E-state index contributed by atoms with van der Waals surface area (Å²) in [7, 11) is 9.10. The van der Waals surface area contributed by atoms with Crippen LogP contribution in [0.5, 0.6) is 80.5 Å². The number of alkyl halides is 6. The minimum Gasteiger partial charge on any atom is -0.507 e. The lowest BCUT2D eigenvalue weighted by Gasteiger charge is -2.62. The summed E-state index contributed by atoms with van der Waals surface area (Å²) in [6, 6.07) is 6.82. The molecule has 131 heavy (non-hydrogen) atoms. The highest BCUT2D eigenvalue weighted by Crippen LogP contribution is 2.68. The van der Waals surface area contributed by atoms with Crippen molar-refractivity contribution in [1.82, 2.24) is 30.2 Å². The maximum absolute atomic E-state index is 15.1. The molecule has 32 nitrogen and oxygen atoms in total. The molecule has 14 aliphatic rings. The lowest BCUT2D eigenvalue weighted by atomic mass is 9.71. The molecule has 4 saturated heterocycles. The second kappa shape index (κ2) is 33.8. The number of rotatable bonds is 8. The van der Waals surface area contributed by atoms with E-state index in [-0.39, 0.29) is 132 Å². The molecule has 0 saturated carbocycles. The smallest absolute Gasteiger partial charge is 0.507 e. The van der Waals surface area contributed by atoms with Crippen LogP contribution in [0.1, 0.15) is 173 Å². The van der Waals surface area contributed by atoms with Crippen LogP contribution in [0.2, 0.25) is 0 Å². The van der Waals surface area contributed by atoms with Crippen molar-refractivity contribution in [2.45, 2.75) is 208 Å². The summed E-state index contributed by atoms with van der Waals surface area (Å²) in [5.74, 6) is -6.40. The van der Waals surface area contributed by atoms with Crippen molar-refractivity contribution in [3.05, 3.63) is 125 Å². The Bertz CT molecular complexity index is 5850. The van der Waals surface area contributed by atoms with Crippen LogP contribution in [0.25, 0.3) is 0 Å². The van der Waals surface area contributed by atoms with Crippen LogP contribution in [-0.4, -0.2) is 220 Å². The molecule has 4 fully saturated rings. The minimum atomic E-state index is -5.51. The van der Waals surface area contributed by atoms with Gasteiger partial charge in [0.1, 0.15) is 48.0 Å². The summed E-state index contributed by atoms with van der Waals surface area (Å²) in [4.78, 5) is 89.3. The standard InChI is InChI=1S/C47H46F6N4O13S.C43H48N4O11S.CH4/c1-19-11-22-12-24-25(15-54)57-26-16-64-40(58)45(23-14-27(62-7)28(13-21(23)9-10-55-45)67-43(61)70-44(3,4)5)17-71-39(31-30(26)37-36(65-18-66-37)20(2)35(31)68-41(59)46(48,49)50)33(57)32(56(24)6)29(22)38(34(19)63-8)69-42(60)47(51,52)53;1-19-11-22-12-24-25(15-44)47-26-16-54-40(50)43(23-14-27(52-7)28(13-21(23)9-10-45-43)57-41(51)58-42(3,4)5)17-59-39(31-30(26)38-37(55-18-56-38)20(2)34(31)48)33(47)32(46(24)6)29(22)35(49)36(19)53-8;/h11,13-14,24-26,32-33,39,55H,9-10,12,16-18H2,1-8H3;11,13-14,24-26,32-33,39,45,48-49H,9-10,12,16-18H2,1-8H3;1H4/t24-,25-,26-,32+,33?,39+,45+;24-,25-,26-,32+,33?,39+,43+;/m00./s1. The van der Waals surface area contributed by atoms with E-state index >= 15 is 4.79 Å². The average molecular weight is 1870 g/mol. The third-order valence-corrected chi connectivity index (χ3v) is 29.3. The zero-order chi connectivity index (χ0) is 93.3. The first-order chi connectivity index (χ1) is 61.5. The second-order valence-electron chi connectivity index (χ2n) is 35.9. The molecular formula is C91H98F6N8O24S2. The van der Waals surface area contributed by atoms with Gasteiger partial charge in [0, 0.05) is 93.3 Å². The Hall–Kier alpha value is -11.2. The van der Waals surface area contributed by atoms with Gasteiger partial charge in [-0.2, -0.15) is 36.9 Å². The fourth-order valence-corrected chi connectivity index (χ4v) is 24.6. The van der Waals surface area contributed by atoms with Gasteiger partial charge in [0.05, 0.1) is 75.2 Å². The molecule has 20 rings (SSSR count). The van der Waals surface area contributed by atoms with Crippen molar-refractivity contribution in [2.24, 2.45) is 0 Å². The van der Waals surface area contributed by atoms with Crippen LogP contribution in [-0.2, 0) is 74.9 Å². The number of likely N-dealkylation sites (N-methyl/N-ethyl adjacent to an activating group) is 2. The zero-order valence-corrected chi connectivity index (χ0v) is 75.2. The van der Waals surface area contributed by atoms with Crippen molar-refractivity contribution >= 4 is 59.7 Å². The number of hydrogen-bond acceptors (Lipinski definition) is 34. The number of aromatic hydroxyl groups is 2. The quantitative estimate of drug-likeness (QED) is 0.0361. The fraction of sp³-hybridized carbons (Fsp3) is 0.516. The first-order valence-electron chi connectivity index (χ1n) is 41.9. The van der Waals surface area contributed by atoms with Gasteiger partial charge in [-0.3, -0.25) is 30.2 Å². The Balaban J connectivity index is 0.000000193. The number of carbonyl (C=O) groups excluding carboxylic acids is 6. The van der Waals surface area contributed by atoms with Gasteiger partial charge >= 0.3 is 48.5 Å². The highest BCUT2D eigenvalue weighted by molar-refractivity contribution is 7.99. The second-order valence-corrected chi connectivity index (χ2v) is 38.1. The van der Waals surface area contributed by atoms with Crippen molar-refractivity contribution < 1.29 is 141 Å². The molecule has 0 amide bonds. The van der Waals surface area contributed by atoms with E-state index < -0.39 is 161 Å². The number of phenols is 2. The number of esters is 4. The van der Waals surface area contributed by atoms with Gasteiger partial charge in [-0.25, -0.2) is 28.8 Å². The first kappa shape index (κ1) is 93.0. The van der Waals surface area contributed by atoms with Crippen molar-refractivity contribution in [1.29, 1.82) is 10.5 Å². The third-order valence-electron chi connectivity index (χ3n) is 26.4. The summed E-state index contributed by atoms with van der Waals surface area (Å²) >= 11 is 2.45. The van der Waals surface area contributed by atoms with E-state index in [2.05, 4.69) is 32.6 Å². The molecule has 6 aromatic carbocycles. The SMILES string of the molecule is C.COc1cc2c(cc1OC(=O)OC(C)(C)C)CCN[C@]21CS[C@@H]2c3c(O)c(C)c4c(c3[C@H](COC1=O)N1C2[C@H]2c3c(cc(C)c(OC)c3O)C[C@@H]([C@@H]1C#N)N2C)OCO4.COc1cc2c(cc1OC(=O)OC(C)(C)C)CCN[C@]21CS[C@@H]2c3c(OC(=O)C(F)(F)F)c(C)c4c(c3[C@H](COC1=O)N1C2[C@H]2c3c(cc(C)c(OC)c3OC(=O)C(F)(F)F)C[C@@H]([C@@H]1C#N)N2C)OCO4. The van der Waals surface area contributed by atoms with Crippen LogP contribution >= 0.6 is 23.5 Å². The summed E-state index contributed by atoms with van der Waals surface area (Å²) in [6.45, 7) is 16.0. The van der Waals surface area contributed by atoms with E-state index in [9.17, 15) is 71.1 Å². The molecule has 4 N–H and O–H groups in total. The van der Waals surface area contributed by atoms with E-state index in [1.807, 2.05) is 20.0 Å². The number of phenolic OH excluding ortho intramolecular Hbond substituents is 2. The normalized spacial score (nSPS) is 26.5. The predicted molar refractivity (Wildman–Crippen MR) is 454 cm³/mol. The van der Waals surface area contributed by atoms with E-state index in [4.69, 9.17) is 75.8 Å². The number of fused-ring (bicyclic) bond motifs is 18. The maximum Gasteiger partial charge on any atom is 0.514 e. The van der Waals surface area contributed by atoms with Crippen LogP contribution in [0.15, 0.2) is 36.4 Å². The Morgan fingerprint density at radius 2 is 0.908 bits per heavy atom. The first-order valence-corrected chi connectivity index (χ1v) is 44.0. The molecule has 2 spiro atoms. The molecule has 8 bridgehead atoms. The van der Waals surface area contributed by atoms with Gasteiger partial charge in [0.2, 0.25) is 13.6 Å². The van der Waals surface area contributed by atoms with Gasteiger partial charge in [0.15, 0.2) is 80.1 Å². The number of piperazine rings is 2. The third kappa shape index (κ3) is 15.2. The predicted octanol–water partition coefficient (Wildman–Crippen LogP) is 12.9. The Labute approximate surface area is 757 Å². The molecule has 6 aromatic rings. The molecule has 0 aliphatic carbocycles.